The number of hydrogen-bond acceptors (Lipinski definition) is 7. The fraction of sp³-hybridized carbons (Fsp3) is 0.385. The predicted octanol–water partition coefficient (Wildman–Crippen LogP) is 3.12. The number of amides is 1. The summed E-state index contributed by atoms with van der Waals surface area (Å²) in [6.45, 7) is 8.68. The fourth-order valence-corrected chi connectivity index (χ4v) is 5.59. The molecule has 0 spiro atoms. The Bertz CT molecular complexity index is 1280. The van der Waals surface area contributed by atoms with Gasteiger partial charge >= 0.3 is 0 Å². The van der Waals surface area contributed by atoms with Gasteiger partial charge in [-0.2, -0.15) is 16.7 Å². The van der Waals surface area contributed by atoms with Crippen LogP contribution in [-0.4, -0.2) is 67.9 Å². The van der Waals surface area contributed by atoms with Gasteiger partial charge in [-0.1, -0.05) is 18.7 Å². The van der Waals surface area contributed by atoms with Gasteiger partial charge in [-0.25, -0.2) is 4.98 Å². The number of aryl methyl sites for hydroxylation is 1. The van der Waals surface area contributed by atoms with E-state index in [1.165, 1.54) is 23.1 Å². The van der Waals surface area contributed by atoms with Crippen molar-refractivity contribution in [2.24, 2.45) is 5.92 Å². The molecule has 1 aromatic carbocycles. The molecule has 2 fully saturated rings. The highest BCUT2D eigenvalue weighted by atomic mass is 32.2. The number of likely N-dealkylation sites (tertiary alicyclic amines) is 1. The van der Waals surface area contributed by atoms with E-state index in [0.717, 1.165) is 37.1 Å². The van der Waals surface area contributed by atoms with Crippen LogP contribution in [0.5, 0.6) is 0 Å². The number of thioether (sulfide) groups is 1. The molecule has 8 nitrogen and oxygen atoms in total. The van der Waals surface area contributed by atoms with Crippen molar-refractivity contribution in [3.8, 4) is 0 Å². The van der Waals surface area contributed by atoms with Crippen LogP contribution in [0.15, 0.2) is 60.0 Å². The molecular formula is C26H30N6O2S. The Morgan fingerprint density at radius 2 is 2.03 bits per heavy atom. The number of benzene rings is 1. The third-order valence-corrected chi connectivity index (χ3v) is 7.56. The Morgan fingerprint density at radius 3 is 2.83 bits per heavy atom. The fourth-order valence-electron chi connectivity index (χ4n) is 4.61. The number of fused-ring (bicyclic) bond motifs is 1. The first-order valence-corrected chi connectivity index (χ1v) is 13.2. The normalized spacial score (nSPS) is 16.7. The average Bonchev–Trinajstić information content (AvgIpc) is 2.85. The van der Waals surface area contributed by atoms with Gasteiger partial charge in [-0.3, -0.25) is 19.1 Å². The Morgan fingerprint density at radius 1 is 1.20 bits per heavy atom. The standard InChI is InChI=1S/C26H30N6O2S/c1-2-23(33)31-17-20(18-31)8-9-32-24(34)7-6-21-15-27-26(29-25(21)32)28-22-5-3-4-19(14-22)16-30-10-12-35-13-11-30/h2-7,14-15,20H,1,8-13,16-18H2,(H,27,28,29). The zero-order valence-electron chi connectivity index (χ0n) is 19.7. The molecule has 2 saturated heterocycles. The third-order valence-electron chi connectivity index (χ3n) is 6.62. The zero-order chi connectivity index (χ0) is 24.2. The van der Waals surface area contributed by atoms with Crippen LogP contribution in [0.4, 0.5) is 11.6 Å². The average molecular weight is 491 g/mol. The van der Waals surface area contributed by atoms with Crippen LogP contribution in [0.3, 0.4) is 0 Å². The smallest absolute Gasteiger partial charge is 0.252 e. The summed E-state index contributed by atoms with van der Waals surface area (Å²) in [6, 6.07) is 11.7. The Labute approximate surface area is 209 Å². The highest BCUT2D eigenvalue weighted by molar-refractivity contribution is 7.99. The second-order valence-electron chi connectivity index (χ2n) is 9.11. The van der Waals surface area contributed by atoms with Crippen LogP contribution in [0.25, 0.3) is 11.0 Å². The Balaban J connectivity index is 1.29. The van der Waals surface area contributed by atoms with E-state index >= 15 is 0 Å². The molecule has 2 aliphatic rings. The van der Waals surface area contributed by atoms with E-state index < -0.39 is 0 Å². The maximum atomic E-state index is 12.7. The summed E-state index contributed by atoms with van der Waals surface area (Å²) < 4.78 is 1.71. The lowest BCUT2D eigenvalue weighted by molar-refractivity contribution is -0.132. The molecule has 3 aromatic rings. The van der Waals surface area contributed by atoms with Gasteiger partial charge in [0.2, 0.25) is 11.9 Å². The highest BCUT2D eigenvalue weighted by Crippen LogP contribution is 2.22. The van der Waals surface area contributed by atoms with Crippen LogP contribution < -0.4 is 10.9 Å². The number of anilines is 2. The summed E-state index contributed by atoms with van der Waals surface area (Å²) in [5.41, 5.74) is 2.72. The molecule has 2 aliphatic heterocycles. The minimum absolute atomic E-state index is 0.0361. The van der Waals surface area contributed by atoms with Crippen molar-refractivity contribution in [1.82, 2.24) is 24.3 Å². The monoisotopic (exact) mass is 490 g/mol. The molecule has 4 heterocycles. The SMILES string of the molecule is C=CC(=O)N1CC(CCn2c(=O)ccc3cnc(Nc4cccc(CN5CCSCC5)c4)nc32)C1. The molecule has 9 heteroatoms. The van der Waals surface area contributed by atoms with Crippen LogP contribution >= 0.6 is 11.8 Å². The van der Waals surface area contributed by atoms with Gasteiger partial charge < -0.3 is 10.2 Å². The lowest BCUT2D eigenvalue weighted by atomic mass is 9.96. The van der Waals surface area contributed by atoms with Crippen molar-refractivity contribution in [3.63, 3.8) is 0 Å². The van der Waals surface area contributed by atoms with Gasteiger partial charge in [0.05, 0.1) is 0 Å². The van der Waals surface area contributed by atoms with Gasteiger partial charge in [-0.15, -0.1) is 0 Å². The van der Waals surface area contributed by atoms with Crippen LogP contribution in [0.2, 0.25) is 0 Å². The first kappa shape index (κ1) is 23.6. The summed E-state index contributed by atoms with van der Waals surface area (Å²) in [4.78, 5) is 37.8. The van der Waals surface area contributed by atoms with Crippen LogP contribution in [0.1, 0.15) is 12.0 Å². The summed E-state index contributed by atoms with van der Waals surface area (Å²) in [5, 5.41) is 4.14. The summed E-state index contributed by atoms with van der Waals surface area (Å²) in [7, 11) is 0. The molecule has 0 saturated carbocycles. The number of carbonyl (C=O) groups excluding carboxylic acids is 1. The predicted molar refractivity (Wildman–Crippen MR) is 141 cm³/mol. The van der Waals surface area contributed by atoms with Crippen molar-refractivity contribution >= 4 is 40.3 Å². The van der Waals surface area contributed by atoms with E-state index in [-0.39, 0.29) is 11.5 Å². The van der Waals surface area contributed by atoms with E-state index in [4.69, 9.17) is 4.98 Å². The van der Waals surface area contributed by atoms with Crippen molar-refractivity contribution in [2.45, 2.75) is 19.5 Å². The second-order valence-corrected chi connectivity index (χ2v) is 10.3. The molecule has 5 rings (SSSR count). The maximum Gasteiger partial charge on any atom is 0.252 e. The van der Waals surface area contributed by atoms with Crippen molar-refractivity contribution < 1.29 is 4.79 Å². The van der Waals surface area contributed by atoms with E-state index in [0.29, 0.717) is 37.1 Å². The molecule has 0 atom stereocenters. The van der Waals surface area contributed by atoms with Gasteiger partial charge in [0.15, 0.2) is 0 Å². The molecule has 0 unspecified atom stereocenters. The topological polar surface area (TPSA) is 83.4 Å². The maximum absolute atomic E-state index is 12.7. The molecule has 1 amide bonds. The number of aromatic nitrogens is 3. The highest BCUT2D eigenvalue weighted by Gasteiger charge is 2.29. The quantitative estimate of drug-likeness (QED) is 0.486. The molecule has 0 radical (unpaired) electrons. The number of nitrogens with zero attached hydrogens (tertiary/aromatic N) is 5. The minimum atomic E-state index is -0.0813. The third kappa shape index (κ3) is 5.57. The van der Waals surface area contributed by atoms with Gasteiger partial charge in [0.1, 0.15) is 5.65 Å². The van der Waals surface area contributed by atoms with Crippen molar-refractivity contribution in [2.75, 3.05) is 43.0 Å². The molecule has 1 N–H and O–H groups in total. The minimum Gasteiger partial charge on any atom is -0.338 e. The summed E-state index contributed by atoms with van der Waals surface area (Å²) in [5.74, 6) is 3.19. The van der Waals surface area contributed by atoms with E-state index in [1.807, 2.05) is 23.9 Å². The van der Waals surface area contributed by atoms with Crippen molar-refractivity contribution in [1.29, 1.82) is 0 Å². The zero-order valence-corrected chi connectivity index (χ0v) is 20.5. The lowest BCUT2D eigenvalue weighted by Gasteiger charge is -2.38. The Kier molecular flexibility index (Phi) is 7.15. The summed E-state index contributed by atoms with van der Waals surface area (Å²) >= 11 is 2.01. The molecular weight excluding hydrogens is 460 g/mol. The molecule has 182 valence electrons. The number of pyridine rings is 1. The number of nitrogens with one attached hydrogen (secondary N) is 1. The first-order chi connectivity index (χ1) is 17.1. The van der Waals surface area contributed by atoms with Gasteiger partial charge in [-0.05, 0) is 42.2 Å². The molecule has 2 aromatic heterocycles. The molecule has 35 heavy (non-hydrogen) atoms. The first-order valence-electron chi connectivity index (χ1n) is 12.0. The van der Waals surface area contributed by atoms with Crippen molar-refractivity contribution in [3.05, 3.63) is 71.2 Å². The van der Waals surface area contributed by atoms with Crippen LogP contribution in [-0.2, 0) is 17.9 Å². The van der Waals surface area contributed by atoms with Gasteiger partial charge in [0.25, 0.3) is 5.56 Å². The van der Waals surface area contributed by atoms with E-state index in [9.17, 15) is 9.59 Å². The van der Waals surface area contributed by atoms with E-state index in [1.54, 1.807) is 27.8 Å². The van der Waals surface area contributed by atoms with E-state index in [2.05, 4.69) is 33.9 Å². The molecule has 0 bridgehead atoms. The second kappa shape index (κ2) is 10.6. The lowest BCUT2D eigenvalue weighted by Crippen LogP contribution is -2.49. The number of rotatable bonds is 8. The largest absolute Gasteiger partial charge is 0.338 e. The number of hydrogen-bond donors (Lipinski definition) is 1. The number of carbonyl (C=O) groups is 1. The molecule has 0 aliphatic carbocycles. The Hall–Kier alpha value is -3.17. The van der Waals surface area contributed by atoms with Crippen LogP contribution in [0, 0.1) is 5.92 Å². The van der Waals surface area contributed by atoms with Gasteiger partial charge in [0, 0.05) is 74.1 Å². The summed E-state index contributed by atoms with van der Waals surface area (Å²) in [6.07, 6.45) is 3.91.